The fraction of sp³-hybridized carbons (Fsp3) is 0.929. The molecular weight excluding hydrogens is 248 g/mol. The maximum Gasteiger partial charge on any atom is 0.236 e. The lowest BCUT2D eigenvalue weighted by Crippen LogP contribution is -2.43. The van der Waals surface area contributed by atoms with Crippen LogP contribution in [0, 0.1) is 17.8 Å². The van der Waals surface area contributed by atoms with Gasteiger partial charge in [0.1, 0.15) is 0 Å². The normalized spacial score (nSPS) is 20.9. The number of hydrogen-bond donors (Lipinski definition) is 1. The molecular formula is C14H27ClN2O. The summed E-state index contributed by atoms with van der Waals surface area (Å²) in [5.74, 6) is 2.74. The third-order valence-electron chi connectivity index (χ3n) is 4.24. The lowest BCUT2D eigenvalue weighted by Gasteiger charge is -2.34. The molecule has 0 aromatic carbocycles. The van der Waals surface area contributed by atoms with Crippen molar-refractivity contribution in [3.05, 3.63) is 0 Å². The first-order chi connectivity index (χ1) is 8.16. The van der Waals surface area contributed by atoms with Crippen LogP contribution < -0.4 is 5.32 Å². The predicted molar refractivity (Wildman–Crippen MR) is 77.0 cm³/mol. The summed E-state index contributed by atoms with van der Waals surface area (Å²) in [6.45, 7) is 8.09. The lowest BCUT2D eigenvalue weighted by molar-refractivity contribution is -0.131. The quantitative estimate of drug-likeness (QED) is 0.834. The molecule has 1 saturated heterocycles. The second kappa shape index (κ2) is 7.34. The smallest absolute Gasteiger partial charge is 0.236 e. The number of rotatable bonds is 5. The van der Waals surface area contributed by atoms with Crippen LogP contribution in [0.1, 0.15) is 39.5 Å². The summed E-state index contributed by atoms with van der Waals surface area (Å²) in [5, 5.41) is 3.29. The maximum absolute atomic E-state index is 11.9. The number of likely N-dealkylation sites (tertiary alicyclic amines) is 1. The predicted octanol–water partition coefficient (Wildman–Crippen LogP) is 2.30. The van der Waals surface area contributed by atoms with E-state index in [1.807, 2.05) is 4.90 Å². The topological polar surface area (TPSA) is 32.3 Å². The molecule has 18 heavy (non-hydrogen) atoms. The highest BCUT2D eigenvalue weighted by Crippen LogP contribution is 2.27. The summed E-state index contributed by atoms with van der Waals surface area (Å²) < 4.78 is 0. The van der Waals surface area contributed by atoms with Crippen LogP contribution in [0.2, 0.25) is 0 Å². The Hall–Kier alpha value is -0.280. The van der Waals surface area contributed by atoms with E-state index in [2.05, 4.69) is 19.2 Å². The van der Waals surface area contributed by atoms with Crippen LogP contribution in [0.4, 0.5) is 0 Å². The van der Waals surface area contributed by atoms with Gasteiger partial charge in [0.25, 0.3) is 0 Å². The average Bonchev–Trinajstić information content (AvgIpc) is 3.13. The molecule has 4 heteroatoms. The standard InChI is InChI=1S/C14H26N2O.ClH/c1-11(2)13-5-7-16(8-6-13)14(17)10-15-9-12-3-4-12;/h11-13,15H,3-10H2,1-2H3;1H. The number of nitrogens with one attached hydrogen (secondary N) is 1. The van der Waals surface area contributed by atoms with Gasteiger partial charge in [0.2, 0.25) is 5.91 Å². The number of halogens is 1. The van der Waals surface area contributed by atoms with E-state index >= 15 is 0 Å². The van der Waals surface area contributed by atoms with Crippen molar-refractivity contribution in [1.29, 1.82) is 0 Å². The fourth-order valence-corrected chi connectivity index (χ4v) is 2.63. The van der Waals surface area contributed by atoms with Crippen LogP contribution >= 0.6 is 12.4 Å². The number of nitrogens with zero attached hydrogens (tertiary/aromatic N) is 1. The van der Waals surface area contributed by atoms with Gasteiger partial charge < -0.3 is 10.2 Å². The molecule has 0 spiro atoms. The molecule has 0 unspecified atom stereocenters. The second-order valence-electron chi connectivity index (χ2n) is 6.04. The molecule has 1 aliphatic heterocycles. The summed E-state index contributed by atoms with van der Waals surface area (Å²) in [7, 11) is 0. The van der Waals surface area contributed by atoms with Gasteiger partial charge in [-0.25, -0.2) is 0 Å². The molecule has 0 radical (unpaired) electrons. The lowest BCUT2D eigenvalue weighted by atomic mass is 9.87. The molecule has 1 heterocycles. The van der Waals surface area contributed by atoms with Crippen molar-refractivity contribution in [3.63, 3.8) is 0 Å². The Kier molecular flexibility index (Phi) is 6.44. The van der Waals surface area contributed by atoms with Gasteiger partial charge in [-0.1, -0.05) is 13.8 Å². The monoisotopic (exact) mass is 274 g/mol. The van der Waals surface area contributed by atoms with Gasteiger partial charge in [-0.05, 0) is 50.0 Å². The van der Waals surface area contributed by atoms with Crippen LogP contribution in [-0.2, 0) is 4.79 Å². The SMILES string of the molecule is CC(C)C1CCN(C(=O)CNCC2CC2)CC1.Cl. The Morgan fingerprint density at radius 2 is 1.83 bits per heavy atom. The highest BCUT2D eigenvalue weighted by Gasteiger charge is 2.25. The first-order valence-corrected chi connectivity index (χ1v) is 7.15. The van der Waals surface area contributed by atoms with E-state index in [1.165, 1.54) is 25.7 Å². The number of piperidine rings is 1. The Morgan fingerprint density at radius 1 is 1.22 bits per heavy atom. The Morgan fingerprint density at radius 3 is 2.33 bits per heavy atom. The van der Waals surface area contributed by atoms with Crippen LogP contribution in [0.25, 0.3) is 0 Å². The van der Waals surface area contributed by atoms with Crippen LogP contribution in [0.3, 0.4) is 0 Å². The van der Waals surface area contributed by atoms with Crippen molar-refractivity contribution in [1.82, 2.24) is 10.2 Å². The van der Waals surface area contributed by atoms with Gasteiger partial charge in [-0.3, -0.25) is 4.79 Å². The van der Waals surface area contributed by atoms with Gasteiger partial charge in [-0.15, -0.1) is 12.4 Å². The molecule has 1 saturated carbocycles. The Bertz CT molecular complexity index is 259. The van der Waals surface area contributed by atoms with Gasteiger partial charge in [0.05, 0.1) is 6.54 Å². The second-order valence-corrected chi connectivity index (χ2v) is 6.04. The van der Waals surface area contributed by atoms with Crippen molar-refractivity contribution in [3.8, 4) is 0 Å². The van der Waals surface area contributed by atoms with Crippen LogP contribution in [0.5, 0.6) is 0 Å². The summed E-state index contributed by atoms with van der Waals surface area (Å²) in [5.41, 5.74) is 0. The molecule has 2 fully saturated rings. The maximum atomic E-state index is 11.9. The fourth-order valence-electron chi connectivity index (χ4n) is 2.63. The van der Waals surface area contributed by atoms with Crippen molar-refractivity contribution in [2.75, 3.05) is 26.2 Å². The first-order valence-electron chi connectivity index (χ1n) is 7.15. The summed E-state index contributed by atoms with van der Waals surface area (Å²) >= 11 is 0. The number of hydrogen-bond acceptors (Lipinski definition) is 2. The number of amides is 1. The van der Waals surface area contributed by atoms with E-state index in [0.717, 1.165) is 37.4 Å². The van der Waals surface area contributed by atoms with Crippen molar-refractivity contribution in [2.45, 2.75) is 39.5 Å². The zero-order valence-electron chi connectivity index (χ0n) is 11.7. The molecule has 2 rings (SSSR count). The minimum atomic E-state index is 0. The molecule has 0 aromatic rings. The van der Waals surface area contributed by atoms with Crippen LogP contribution in [-0.4, -0.2) is 37.0 Å². The third kappa shape index (κ3) is 4.77. The van der Waals surface area contributed by atoms with Gasteiger partial charge in [-0.2, -0.15) is 0 Å². The minimum Gasteiger partial charge on any atom is -0.342 e. The van der Waals surface area contributed by atoms with E-state index in [0.29, 0.717) is 12.5 Å². The average molecular weight is 275 g/mol. The van der Waals surface area contributed by atoms with Gasteiger partial charge in [0.15, 0.2) is 0 Å². The highest BCUT2D eigenvalue weighted by atomic mass is 35.5. The molecule has 0 bridgehead atoms. The van der Waals surface area contributed by atoms with Gasteiger partial charge in [0, 0.05) is 13.1 Å². The molecule has 1 N–H and O–H groups in total. The van der Waals surface area contributed by atoms with Gasteiger partial charge >= 0.3 is 0 Å². The van der Waals surface area contributed by atoms with E-state index in [1.54, 1.807) is 0 Å². The molecule has 3 nitrogen and oxygen atoms in total. The zero-order valence-corrected chi connectivity index (χ0v) is 12.5. The van der Waals surface area contributed by atoms with Crippen LogP contribution in [0.15, 0.2) is 0 Å². The summed E-state index contributed by atoms with van der Waals surface area (Å²) in [6.07, 6.45) is 5.07. The minimum absolute atomic E-state index is 0. The Balaban J connectivity index is 0.00000162. The van der Waals surface area contributed by atoms with E-state index < -0.39 is 0 Å². The zero-order chi connectivity index (χ0) is 12.3. The molecule has 1 aliphatic carbocycles. The highest BCUT2D eigenvalue weighted by molar-refractivity contribution is 5.85. The first kappa shape index (κ1) is 15.8. The van der Waals surface area contributed by atoms with E-state index in [4.69, 9.17) is 0 Å². The molecule has 106 valence electrons. The van der Waals surface area contributed by atoms with Crippen molar-refractivity contribution >= 4 is 18.3 Å². The number of carbonyl (C=O) groups is 1. The van der Waals surface area contributed by atoms with E-state index in [-0.39, 0.29) is 12.4 Å². The van der Waals surface area contributed by atoms with Crippen molar-refractivity contribution in [2.24, 2.45) is 17.8 Å². The molecule has 2 aliphatic rings. The molecule has 0 aromatic heterocycles. The third-order valence-corrected chi connectivity index (χ3v) is 4.24. The van der Waals surface area contributed by atoms with Crippen molar-refractivity contribution < 1.29 is 4.79 Å². The molecule has 0 atom stereocenters. The largest absolute Gasteiger partial charge is 0.342 e. The molecule has 1 amide bonds. The van der Waals surface area contributed by atoms with E-state index in [9.17, 15) is 4.79 Å². The summed E-state index contributed by atoms with van der Waals surface area (Å²) in [6, 6.07) is 0. The summed E-state index contributed by atoms with van der Waals surface area (Å²) in [4.78, 5) is 14.0. The number of carbonyl (C=O) groups excluding carboxylic acids is 1. The Labute approximate surface area is 117 Å².